The molecule has 0 aliphatic rings. The second-order valence-electron chi connectivity index (χ2n) is 3.76. The standard InChI is InChI=1S/C14H10FNOS/c15-13-7-11(9-16)6-12(8-13)10-18(17)14-4-2-1-3-5-14/h1-8H,10H2. The van der Waals surface area contributed by atoms with Crippen LogP contribution in [0.4, 0.5) is 4.39 Å². The molecule has 1 atom stereocenters. The highest BCUT2D eigenvalue weighted by molar-refractivity contribution is 7.84. The van der Waals surface area contributed by atoms with Crippen LogP contribution in [0.2, 0.25) is 0 Å². The number of rotatable bonds is 3. The minimum atomic E-state index is -1.23. The molecule has 4 heteroatoms. The minimum absolute atomic E-state index is 0.205. The maximum atomic E-state index is 13.2. The maximum Gasteiger partial charge on any atom is 0.124 e. The number of nitrogens with zero attached hydrogens (tertiary/aromatic N) is 1. The molecule has 0 aromatic heterocycles. The van der Waals surface area contributed by atoms with E-state index in [4.69, 9.17) is 5.26 Å². The van der Waals surface area contributed by atoms with Crippen molar-refractivity contribution in [3.05, 3.63) is 65.5 Å². The molecule has 2 rings (SSSR count). The van der Waals surface area contributed by atoms with Crippen molar-refractivity contribution in [3.63, 3.8) is 0 Å². The summed E-state index contributed by atoms with van der Waals surface area (Å²) < 4.78 is 25.2. The molecule has 0 fully saturated rings. The Balaban J connectivity index is 2.23. The average molecular weight is 259 g/mol. The molecule has 2 nitrogen and oxygen atoms in total. The number of hydrogen-bond donors (Lipinski definition) is 0. The molecule has 0 N–H and O–H groups in total. The summed E-state index contributed by atoms with van der Waals surface area (Å²) in [6.45, 7) is 0. The third-order valence-corrected chi connectivity index (χ3v) is 3.78. The molecule has 0 amide bonds. The van der Waals surface area contributed by atoms with E-state index in [9.17, 15) is 8.60 Å². The molecule has 18 heavy (non-hydrogen) atoms. The smallest absolute Gasteiger partial charge is 0.124 e. The quantitative estimate of drug-likeness (QED) is 0.850. The van der Waals surface area contributed by atoms with Crippen molar-refractivity contribution in [2.24, 2.45) is 0 Å². The Morgan fingerprint density at radius 1 is 1.17 bits per heavy atom. The summed E-state index contributed by atoms with van der Waals surface area (Å²) in [5, 5.41) is 8.75. The molecule has 2 aromatic carbocycles. The van der Waals surface area contributed by atoms with Gasteiger partial charge in [0.15, 0.2) is 0 Å². The van der Waals surface area contributed by atoms with Gasteiger partial charge in [0.25, 0.3) is 0 Å². The normalized spacial score (nSPS) is 11.8. The fourth-order valence-corrected chi connectivity index (χ4v) is 2.70. The van der Waals surface area contributed by atoms with Crippen LogP contribution >= 0.6 is 0 Å². The van der Waals surface area contributed by atoms with Crippen LogP contribution in [0.15, 0.2) is 53.4 Å². The van der Waals surface area contributed by atoms with E-state index in [2.05, 4.69) is 0 Å². The van der Waals surface area contributed by atoms with Gasteiger partial charge in [0.05, 0.1) is 28.2 Å². The fraction of sp³-hybridized carbons (Fsp3) is 0.0714. The molecule has 90 valence electrons. The van der Waals surface area contributed by atoms with Crippen molar-refractivity contribution < 1.29 is 8.60 Å². The van der Waals surface area contributed by atoms with Gasteiger partial charge in [-0.15, -0.1) is 0 Å². The second kappa shape index (κ2) is 5.56. The van der Waals surface area contributed by atoms with Crippen molar-refractivity contribution >= 4 is 10.8 Å². The molecule has 0 saturated heterocycles. The van der Waals surface area contributed by atoms with Crippen LogP contribution in [0.25, 0.3) is 0 Å². The topological polar surface area (TPSA) is 40.9 Å². The van der Waals surface area contributed by atoms with Crippen molar-refractivity contribution in [1.82, 2.24) is 0 Å². The SMILES string of the molecule is N#Cc1cc(F)cc(CS(=O)c2ccccc2)c1. The van der Waals surface area contributed by atoms with Gasteiger partial charge in [0, 0.05) is 4.90 Å². The van der Waals surface area contributed by atoms with Crippen LogP contribution < -0.4 is 0 Å². The first-order valence-corrected chi connectivity index (χ1v) is 6.64. The zero-order valence-electron chi connectivity index (χ0n) is 9.47. The van der Waals surface area contributed by atoms with Crippen LogP contribution in [0.5, 0.6) is 0 Å². The summed E-state index contributed by atoms with van der Waals surface area (Å²) in [5.74, 6) is -0.273. The number of nitriles is 1. The second-order valence-corrected chi connectivity index (χ2v) is 5.21. The Labute approximate surface area is 107 Å². The number of benzene rings is 2. The Morgan fingerprint density at radius 2 is 1.89 bits per heavy atom. The first-order chi connectivity index (χ1) is 8.69. The van der Waals surface area contributed by atoms with Gasteiger partial charge >= 0.3 is 0 Å². The van der Waals surface area contributed by atoms with E-state index in [-0.39, 0.29) is 11.3 Å². The third-order valence-electron chi connectivity index (χ3n) is 2.39. The van der Waals surface area contributed by atoms with E-state index < -0.39 is 16.6 Å². The van der Waals surface area contributed by atoms with E-state index in [0.29, 0.717) is 10.5 Å². The van der Waals surface area contributed by atoms with Crippen molar-refractivity contribution in [2.75, 3.05) is 0 Å². The highest BCUT2D eigenvalue weighted by Gasteiger charge is 2.07. The van der Waals surface area contributed by atoms with Gasteiger partial charge < -0.3 is 0 Å². The molecular weight excluding hydrogens is 249 g/mol. The van der Waals surface area contributed by atoms with Gasteiger partial charge in [0.1, 0.15) is 5.82 Å². The average Bonchev–Trinajstić information content (AvgIpc) is 2.39. The zero-order valence-corrected chi connectivity index (χ0v) is 10.3. The molecule has 0 saturated carbocycles. The van der Waals surface area contributed by atoms with Crippen LogP contribution in [0.3, 0.4) is 0 Å². The minimum Gasteiger partial charge on any atom is -0.254 e. The highest BCUT2D eigenvalue weighted by Crippen LogP contribution is 2.14. The lowest BCUT2D eigenvalue weighted by atomic mass is 10.1. The molecule has 2 aromatic rings. The summed E-state index contributed by atoms with van der Waals surface area (Å²) in [5.41, 5.74) is 0.809. The van der Waals surface area contributed by atoms with Crippen molar-refractivity contribution in [1.29, 1.82) is 5.26 Å². The first kappa shape index (κ1) is 12.5. The fourth-order valence-electron chi connectivity index (χ4n) is 1.61. The van der Waals surface area contributed by atoms with E-state index in [1.807, 2.05) is 12.1 Å². The predicted molar refractivity (Wildman–Crippen MR) is 67.7 cm³/mol. The molecule has 0 spiro atoms. The van der Waals surface area contributed by atoms with E-state index in [1.54, 1.807) is 30.3 Å². The predicted octanol–water partition coefficient (Wildman–Crippen LogP) is 3.01. The summed E-state index contributed by atoms with van der Waals surface area (Å²) in [4.78, 5) is 0.695. The number of halogens is 1. The van der Waals surface area contributed by atoms with E-state index in [0.717, 1.165) is 6.07 Å². The molecule has 0 bridgehead atoms. The molecule has 0 aliphatic heterocycles. The van der Waals surface area contributed by atoms with Crippen molar-refractivity contribution in [3.8, 4) is 6.07 Å². The Bertz CT molecular complexity index is 619. The van der Waals surface area contributed by atoms with Crippen LogP contribution in [0, 0.1) is 17.1 Å². The summed E-state index contributed by atoms with van der Waals surface area (Å²) >= 11 is 0. The third kappa shape index (κ3) is 3.02. The van der Waals surface area contributed by atoms with Gasteiger partial charge in [-0.2, -0.15) is 5.26 Å². The van der Waals surface area contributed by atoms with Crippen molar-refractivity contribution in [2.45, 2.75) is 10.6 Å². The lowest BCUT2D eigenvalue weighted by molar-refractivity contribution is 0.625. The van der Waals surface area contributed by atoms with E-state index >= 15 is 0 Å². The summed E-state index contributed by atoms with van der Waals surface area (Å²) in [6.07, 6.45) is 0. The maximum absolute atomic E-state index is 13.2. The first-order valence-electron chi connectivity index (χ1n) is 5.32. The van der Waals surface area contributed by atoms with Gasteiger partial charge in [-0.25, -0.2) is 4.39 Å². The highest BCUT2D eigenvalue weighted by atomic mass is 32.2. The Morgan fingerprint density at radius 3 is 2.56 bits per heavy atom. The molecule has 0 radical (unpaired) electrons. The Kier molecular flexibility index (Phi) is 3.85. The molecule has 0 aliphatic carbocycles. The monoisotopic (exact) mass is 259 g/mol. The van der Waals surface area contributed by atoms with Crippen LogP contribution in [0.1, 0.15) is 11.1 Å². The van der Waals surface area contributed by atoms with Gasteiger partial charge in [0.2, 0.25) is 0 Å². The van der Waals surface area contributed by atoms with Crippen LogP contribution in [-0.2, 0) is 16.6 Å². The molecule has 1 unspecified atom stereocenters. The van der Waals surface area contributed by atoms with Gasteiger partial charge in [-0.3, -0.25) is 4.21 Å². The van der Waals surface area contributed by atoms with Gasteiger partial charge in [-0.1, -0.05) is 18.2 Å². The molecule has 0 heterocycles. The number of hydrogen-bond acceptors (Lipinski definition) is 2. The lowest BCUT2D eigenvalue weighted by Gasteiger charge is -2.03. The Hall–Kier alpha value is -1.99. The van der Waals surface area contributed by atoms with E-state index in [1.165, 1.54) is 6.07 Å². The molecular formula is C14H10FNOS. The lowest BCUT2D eigenvalue weighted by Crippen LogP contribution is -1.97. The zero-order chi connectivity index (χ0) is 13.0. The summed E-state index contributed by atoms with van der Waals surface area (Å²) in [7, 11) is -1.23. The van der Waals surface area contributed by atoms with Gasteiger partial charge in [-0.05, 0) is 35.9 Å². The summed E-state index contributed by atoms with van der Waals surface area (Å²) in [6, 6.07) is 14.9. The van der Waals surface area contributed by atoms with Crippen LogP contribution in [-0.4, -0.2) is 4.21 Å². The largest absolute Gasteiger partial charge is 0.254 e.